The van der Waals surface area contributed by atoms with E-state index in [1.54, 1.807) is 0 Å². The van der Waals surface area contributed by atoms with Crippen molar-refractivity contribution in [3.05, 3.63) is 41.0 Å². The summed E-state index contributed by atoms with van der Waals surface area (Å²) in [5, 5.41) is 8.74. The standard InChI is InChI=1S/C15H14O2/c1-2-11-5-6-12-7-8-13(14(12)10-11)15(17)4-3-9-16/h1,5-6,8,10,16H,3-4,7,9H2. The van der Waals surface area contributed by atoms with Gasteiger partial charge in [0.2, 0.25) is 0 Å². The first kappa shape index (κ1) is 11.6. The van der Waals surface area contributed by atoms with Crippen molar-refractivity contribution in [3.63, 3.8) is 0 Å². The van der Waals surface area contributed by atoms with Crippen LogP contribution in [0.1, 0.15) is 29.5 Å². The largest absolute Gasteiger partial charge is 0.396 e. The minimum absolute atomic E-state index is 0.0519. The van der Waals surface area contributed by atoms with E-state index in [0.29, 0.717) is 12.8 Å². The maximum atomic E-state index is 11.9. The van der Waals surface area contributed by atoms with Gasteiger partial charge in [0.05, 0.1) is 0 Å². The number of allylic oxidation sites excluding steroid dienone is 2. The molecule has 17 heavy (non-hydrogen) atoms. The summed E-state index contributed by atoms with van der Waals surface area (Å²) < 4.78 is 0. The van der Waals surface area contributed by atoms with Crippen LogP contribution in [0.25, 0.3) is 5.57 Å². The number of carbonyl (C=O) groups excluding carboxylic acids is 1. The van der Waals surface area contributed by atoms with Gasteiger partial charge in [-0.2, -0.15) is 0 Å². The van der Waals surface area contributed by atoms with Gasteiger partial charge in [0.25, 0.3) is 0 Å². The van der Waals surface area contributed by atoms with Crippen molar-refractivity contribution in [2.45, 2.75) is 19.3 Å². The molecule has 1 aromatic rings. The first-order valence-electron chi connectivity index (χ1n) is 5.70. The van der Waals surface area contributed by atoms with E-state index in [0.717, 1.165) is 28.7 Å². The highest BCUT2D eigenvalue weighted by Gasteiger charge is 2.19. The molecule has 0 saturated heterocycles. The normalized spacial score (nSPS) is 12.8. The third-order valence-electron chi connectivity index (χ3n) is 2.96. The number of aliphatic hydroxyl groups excluding tert-OH is 1. The molecule has 0 bridgehead atoms. The lowest BCUT2D eigenvalue weighted by Crippen LogP contribution is -2.02. The average molecular weight is 226 g/mol. The SMILES string of the molecule is C#Cc1ccc2c(c1)C(C(=O)CCCO)=CC2. The van der Waals surface area contributed by atoms with Crippen LogP contribution in [-0.4, -0.2) is 17.5 Å². The molecule has 0 amide bonds. The number of rotatable bonds is 4. The van der Waals surface area contributed by atoms with E-state index >= 15 is 0 Å². The van der Waals surface area contributed by atoms with Gasteiger partial charge in [-0.25, -0.2) is 0 Å². The van der Waals surface area contributed by atoms with Gasteiger partial charge >= 0.3 is 0 Å². The van der Waals surface area contributed by atoms with E-state index < -0.39 is 0 Å². The number of Topliss-reactive ketones (excluding diaryl/α,β-unsaturated/α-hetero) is 1. The van der Waals surface area contributed by atoms with Gasteiger partial charge in [-0.3, -0.25) is 4.79 Å². The van der Waals surface area contributed by atoms with E-state index in [4.69, 9.17) is 11.5 Å². The lowest BCUT2D eigenvalue weighted by molar-refractivity contribution is -0.114. The third kappa shape index (κ3) is 2.30. The molecule has 1 aliphatic carbocycles. The highest BCUT2D eigenvalue weighted by Crippen LogP contribution is 2.29. The third-order valence-corrected chi connectivity index (χ3v) is 2.96. The topological polar surface area (TPSA) is 37.3 Å². The second-order valence-electron chi connectivity index (χ2n) is 4.09. The Morgan fingerprint density at radius 1 is 1.47 bits per heavy atom. The number of hydrogen-bond donors (Lipinski definition) is 1. The van der Waals surface area contributed by atoms with Crippen LogP contribution < -0.4 is 0 Å². The number of benzene rings is 1. The summed E-state index contributed by atoms with van der Waals surface area (Å²) >= 11 is 0. The van der Waals surface area contributed by atoms with Gasteiger partial charge in [-0.15, -0.1) is 6.42 Å². The predicted octanol–water partition coefficient (Wildman–Crippen LogP) is 1.95. The van der Waals surface area contributed by atoms with E-state index in [1.165, 1.54) is 0 Å². The van der Waals surface area contributed by atoms with Gasteiger partial charge in [0, 0.05) is 24.2 Å². The summed E-state index contributed by atoms with van der Waals surface area (Å²) in [6, 6.07) is 5.77. The van der Waals surface area contributed by atoms with E-state index in [2.05, 4.69) is 5.92 Å². The summed E-state index contributed by atoms with van der Waals surface area (Å²) in [7, 11) is 0. The zero-order valence-electron chi connectivity index (χ0n) is 9.57. The molecule has 1 aliphatic rings. The lowest BCUT2D eigenvalue weighted by Gasteiger charge is -2.05. The van der Waals surface area contributed by atoms with Crippen molar-refractivity contribution in [1.29, 1.82) is 0 Å². The first-order chi connectivity index (χ1) is 8.26. The fourth-order valence-electron chi connectivity index (χ4n) is 2.06. The Labute approximate surface area is 101 Å². The van der Waals surface area contributed by atoms with Gasteiger partial charge in [-0.05, 0) is 36.1 Å². The Kier molecular flexibility index (Phi) is 3.41. The van der Waals surface area contributed by atoms with E-state index in [1.807, 2.05) is 24.3 Å². The molecule has 0 aromatic heterocycles. The van der Waals surface area contributed by atoms with Crippen LogP contribution in [0, 0.1) is 12.3 Å². The summed E-state index contributed by atoms with van der Waals surface area (Å²) in [6.45, 7) is 0.0519. The number of fused-ring (bicyclic) bond motifs is 1. The molecule has 1 N–H and O–H groups in total. The molecule has 2 heteroatoms. The Morgan fingerprint density at radius 3 is 3.00 bits per heavy atom. The lowest BCUT2D eigenvalue weighted by atomic mass is 9.98. The molecule has 0 spiro atoms. The fourth-order valence-corrected chi connectivity index (χ4v) is 2.06. The highest BCUT2D eigenvalue weighted by atomic mass is 16.3. The molecule has 0 fully saturated rings. The first-order valence-corrected chi connectivity index (χ1v) is 5.70. The van der Waals surface area contributed by atoms with Crippen molar-refractivity contribution in [1.82, 2.24) is 0 Å². The zero-order valence-corrected chi connectivity index (χ0v) is 9.57. The molecular weight excluding hydrogens is 212 g/mol. The second kappa shape index (κ2) is 4.99. The van der Waals surface area contributed by atoms with Crippen molar-refractivity contribution >= 4 is 11.4 Å². The number of carbonyl (C=O) groups is 1. The molecule has 2 nitrogen and oxygen atoms in total. The smallest absolute Gasteiger partial charge is 0.163 e. The van der Waals surface area contributed by atoms with Gasteiger partial charge < -0.3 is 5.11 Å². The van der Waals surface area contributed by atoms with Gasteiger partial charge in [0.15, 0.2) is 5.78 Å². The van der Waals surface area contributed by atoms with Crippen LogP contribution >= 0.6 is 0 Å². The van der Waals surface area contributed by atoms with E-state index in [-0.39, 0.29) is 12.4 Å². The molecular formula is C15H14O2. The summed E-state index contributed by atoms with van der Waals surface area (Å²) in [4.78, 5) is 11.9. The van der Waals surface area contributed by atoms with E-state index in [9.17, 15) is 4.79 Å². The second-order valence-corrected chi connectivity index (χ2v) is 4.09. The molecule has 1 aromatic carbocycles. The zero-order chi connectivity index (χ0) is 12.3. The number of hydrogen-bond acceptors (Lipinski definition) is 2. The van der Waals surface area contributed by atoms with Crippen LogP contribution in [0.3, 0.4) is 0 Å². The number of aliphatic hydroxyl groups is 1. The summed E-state index contributed by atoms with van der Waals surface area (Å²) in [5.41, 5.74) is 3.66. The molecule has 0 radical (unpaired) electrons. The summed E-state index contributed by atoms with van der Waals surface area (Å²) in [6.07, 6.45) is 9.00. The predicted molar refractivity (Wildman–Crippen MR) is 67.4 cm³/mol. The maximum absolute atomic E-state index is 11.9. The van der Waals surface area contributed by atoms with Crippen molar-refractivity contribution in [2.75, 3.05) is 6.61 Å². The number of terminal acetylenes is 1. The van der Waals surface area contributed by atoms with Crippen LogP contribution in [0.4, 0.5) is 0 Å². The molecule has 0 aliphatic heterocycles. The summed E-state index contributed by atoms with van der Waals surface area (Å²) in [5.74, 6) is 2.67. The van der Waals surface area contributed by atoms with Crippen LogP contribution in [-0.2, 0) is 11.2 Å². The van der Waals surface area contributed by atoms with Crippen LogP contribution in [0.15, 0.2) is 24.3 Å². The number of ketones is 1. The van der Waals surface area contributed by atoms with Crippen molar-refractivity contribution < 1.29 is 9.90 Å². The molecule has 0 heterocycles. The molecule has 0 atom stereocenters. The van der Waals surface area contributed by atoms with Crippen LogP contribution in [0.5, 0.6) is 0 Å². The van der Waals surface area contributed by atoms with Crippen molar-refractivity contribution in [2.24, 2.45) is 0 Å². The van der Waals surface area contributed by atoms with Gasteiger partial charge in [-0.1, -0.05) is 18.1 Å². The molecule has 2 rings (SSSR count). The minimum atomic E-state index is 0.0519. The van der Waals surface area contributed by atoms with Crippen LogP contribution in [0.2, 0.25) is 0 Å². The van der Waals surface area contributed by atoms with Crippen molar-refractivity contribution in [3.8, 4) is 12.3 Å². The molecule has 0 saturated carbocycles. The quantitative estimate of drug-likeness (QED) is 0.797. The Balaban J connectivity index is 2.26. The molecule has 86 valence electrons. The molecule has 0 unspecified atom stereocenters. The average Bonchev–Trinajstić information content (AvgIpc) is 2.78. The Bertz CT molecular complexity index is 518. The Hall–Kier alpha value is -1.85. The fraction of sp³-hybridized carbons (Fsp3) is 0.267. The minimum Gasteiger partial charge on any atom is -0.396 e. The Morgan fingerprint density at radius 2 is 2.29 bits per heavy atom. The monoisotopic (exact) mass is 226 g/mol. The maximum Gasteiger partial charge on any atom is 0.163 e. The van der Waals surface area contributed by atoms with Gasteiger partial charge in [0.1, 0.15) is 0 Å². The highest BCUT2D eigenvalue weighted by molar-refractivity contribution is 6.22.